The quantitative estimate of drug-likeness (QED) is 0.519. The van der Waals surface area contributed by atoms with Crippen molar-refractivity contribution in [3.05, 3.63) is 78.3 Å². The lowest BCUT2D eigenvalue weighted by Gasteiger charge is -2.23. The van der Waals surface area contributed by atoms with E-state index in [1.165, 1.54) is 0 Å². The van der Waals surface area contributed by atoms with Crippen LogP contribution in [0.3, 0.4) is 0 Å². The van der Waals surface area contributed by atoms with Gasteiger partial charge in [0.1, 0.15) is 5.75 Å². The number of rotatable bonds is 2. The molecule has 1 aliphatic heterocycles. The predicted molar refractivity (Wildman–Crippen MR) is 86.6 cm³/mol. The summed E-state index contributed by atoms with van der Waals surface area (Å²) in [4.78, 5) is 11.0. The maximum absolute atomic E-state index is 11.4. The van der Waals surface area contributed by atoms with Crippen LogP contribution in [0.25, 0.3) is 6.08 Å². The summed E-state index contributed by atoms with van der Waals surface area (Å²) in [6.45, 7) is 0. The number of fused-ring (bicyclic) bond motifs is 1. The minimum atomic E-state index is -0.717. The lowest BCUT2D eigenvalue weighted by Crippen LogP contribution is -2.20. The molecule has 1 unspecified atom stereocenters. The van der Waals surface area contributed by atoms with Crippen LogP contribution in [0.2, 0.25) is 0 Å². The summed E-state index contributed by atoms with van der Waals surface area (Å²) < 4.78 is 7.48. The summed E-state index contributed by atoms with van der Waals surface area (Å²) in [5, 5.41) is 11.4. The molecule has 21 heavy (non-hydrogen) atoms. The lowest BCUT2D eigenvalue weighted by atomic mass is 10.0. The van der Waals surface area contributed by atoms with Crippen LogP contribution in [-0.2, 0) is 0 Å². The van der Waals surface area contributed by atoms with E-state index in [0.717, 1.165) is 14.5 Å². The Morgan fingerprint density at radius 1 is 1.14 bits per heavy atom. The number of benzene rings is 2. The Morgan fingerprint density at radius 3 is 2.52 bits per heavy atom. The fraction of sp³-hybridized carbons (Fsp3) is 0.0667. The van der Waals surface area contributed by atoms with Crippen LogP contribution in [0.15, 0.2) is 57.1 Å². The van der Waals surface area contributed by atoms with Gasteiger partial charge in [0.25, 0.3) is 5.70 Å². The Morgan fingerprint density at radius 2 is 1.86 bits per heavy atom. The zero-order chi connectivity index (χ0) is 15.0. The van der Waals surface area contributed by atoms with E-state index in [1.54, 1.807) is 12.1 Å². The third-order valence-electron chi connectivity index (χ3n) is 3.16. The maximum atomic E-state index is 11.4. The topological polar surface area (TPSA) is 52.4 Å². The molecule has 0 radical (unpaired) electrons. The first kappa shape index (κ1) is 14.3. The van der Waals surface area contributed by atoms with Crippen molar-refractivity contribution in [1.29, 1.82) is 0 Å². The highest BCUT2D eigenvalue weighted by Crippen LogP contribution is 2.42. The fourth-order valence-electron chi connectivity index (χ4n) is 2.24. The van der Waals surface area contributed by atoms with Gasteiger partial charge in [-0.05, 0) is 28.1 Å². The standard InChI is InChI=1S/C15H9Br2NO3/c16-11-6-10-7-13(18(19)20)15(9-4-2-1-3-5-9)21-14(10)12(17)8-11/h1-8,15H. The average molecular weight is 411 g/mol. The van der Waals surface area contributed by atoms with E-state index in [-0.39, 0.29) is 5.70 Å². The number of nitrogens with zero attached hydrogens (tertiary/aromatic N) is 1. The van der Waals surface area contributed by atoms with Crippen molar-refractivity contribution in [3.63, 3.8) is 0 Å². The third-order valence-corrected chi connectivity index (χ3v) is 4.20. The van der Waals surface area contributed by atoms with E-state index in [1.807, 2.05) is 36.4 Å². The van der Waals surface area contributed by atoms with Crippen LogP contribution in [0.1, 0.15) is 17.2 Å². The second-order valence-electron chi connectivity index (χ2n) is 4.54. The van der Waals surface area contributed by atoms with Crippen molar-refractivity contribution < 1.29 is 9.66 Å². The van der Waals surface area contributed by atoms with Crippen molar-refractivity contribution in [1.82, 2.24) is 0 Å². The molecule has 0 aliphatic carbocycles. The molecule has 1 heterocycles. The van der Waals surface area contributed by atoms with Crippen LogP contribution in [-0.4, -0.2) is 4.92 Å². The van der Waals surface area contributed by atoms with Crippen molar-refractivity contribution in [2.75, 3.05) is 0 Å². The summed E-state index contributed by atoms with van der Waals surface area (Å²) >= 11 is 6.81. The normalized spacial score (nSPS) is 16.7. The SMILES string of the molecule is O=[N+]([O-])C1=Cc2cc(Br)cc(Br)c2OC1c1ccccc1. The summed E-state index contributed by atoms with van der Waals surface area (Å²) in [6, 6.07) is 12.8. The average Bonchev–Trinajstić information content (AvgIpc) is 2.46. The predicted octanol–water partition coefficient (Wildman–Crippen LogP) is 4.96. The Hall–Kier alpha value is -1.66. The second kappa shape index (κ2) is 5.61. The molecule has 0 fully saturated rings. The van der Waals surface area contributed by atoms with Gasteiger partial charge in [0.2, 0.25) is 6.10 Å². The van der Waals surface area contributed by atoms with Crippen molar-refractivity contribution in [2.45, 2.75) is 6.10 Å². The van der Waals surface area contributed by atoms with Gasteiger partial charge in [-0.1, -0.05) is 46.3 Å². The monoisotopic (exact) mass is 409 g/mol. The molecule has 1 aliphatic rings. The van der Waals surface area contributed by atoms with E-state index >= 15 is 0 Å². The summed E-state index contributed by atoms with van der Waals surface area (Å²) in [5.41, 5.74) is 1.45. The summed E-state index contributed by atoms with van der Waals surface area (Å²) in [7, 11) is 0. The molecule has 0 spiro atoms. The van der Waals surface area contributed by atoms with E-state index in [2.05, 4.69) is 31.9 Å². The molecule has 2 aromatic carbocycles. The molecule has 0 saturated heterocycles. The van der Waals surface area contributed by atoms with Gasteiger partial charge >= 0.3 is 0 Å². The lowest BCUT2D eigenvalue weighted by molar-refractivity contribution is -0.434. The molecule has 6 heteroatoms. The Bertz CT molecular complexity index is 744. The Balaban J connectivity index is 2.15. The molecule has 0 bridgehead atoms. The minimum absolute atomic E-state index is 0.0266. The van der Waals surface area contributed by atoms with Gasteiger partial charge in [-0.15, -0.1) is 0 Å². The van der Waals surface area contributed by atoms with Gasteiger partial charge in [-0.25, -0.2) is 0 Å². The third kappa shape index (κ3) is 2.73. The Kier molecular flexibility index (Phi) is 3.82. The molecule has 106 valence electrons. The number of ether oxygens (including phenoxy) is 1. The van der Waals surface area contributed by atoms with Crippen LogP contribution < -0.4 is 4.74 Å². The molecule has 0 aromatic heterocycles. The van der Waals surface area contributed by atoms with Crippen LogP contribution in [0.4, 0.5) is 0 Å². The zero-order valence-electron chi connectivity index (χ0n) is 10.6. The first-order valence-electron chi connectivity index (χ1n) is 6.13. The molecule has 0 N–H and O–H groups in total. The van der Waals surface area contributed by atoms with Crippen molar-refractivity contribution in [2.24, 2.45) is 0 Å². The fourth-order valence-corrected chi connectivity index (χ4v) is 3.59. The minimum Gasteiger partial charge on any atom is -0.473 e. The molecular formula is C15H9Br2NO3. The summed E-state index contributed by atoms with van der Waals surface area (Å²) in [6.07, 6.45) is 0.845. The van der Waals surface area contributed by atoms with E-state index in [4.69, 9.17) is 4.74 Å². The number of hydrogen-bond acceptors (Lipinski definition) is 3. The highest BCUT2D eigenvalue weighted by Gasteiger charge is 2.34. The van der Waals surface area contributed by atoms with Crippen LogP contribution in [0.5, 0.6) is 5.75 Å². The Labute approximate surface area is 137 Å². The second-order valence-corrected chi connectivity index (χ2v) is 6.31. The van der Waals surface area contributed by atoms with E-state index in [0.29, 0.717) is 11.3 Å². The van der Waals surface area contributed by atoms with E-state index < -0.39 is 11.0 Å². The highest BCUT2D eigenvalue weighted by atomic mass is 79.9. The maximum Gasteiger partial charge on any atom is 0.291 e. The largest absolute Gasteiger partial charge is 0.473 e. The van der Waals surface area contributed by atoms with Gasteiger partial charge in [-0.3, -0.25) is 10.1 Å². The molecule has 1 atom stereocenters. The van der Waals surface area contributed by atoms with Crippen molar-refractivity contribution >= 4 is 37.9 Å². The number of hydrogen-bond donors (Lipinski definition) is 0. The van der Waals surface area contributed by atoms with Gasteiger partial charge in [0.15, 0.2) is 0 Å². The van der Waals surface area contributed by atoms with Gasteiger partial charge in [0, 0.05) is 21.7 Å². The molecular weight excluding hydrogens is 402 g/mol. The number of nitro groups is 1. The number of halogens is 2. The van der Waals surface area contributed by atoms with Gasteiger partial charge < -0.3 is 4.74 Å². The highest BCUT2D eigenvalue weighted by molar-refractivity contribution is 9.11. The van der Waals surface area contributed by atoms with Crippen LogP contribution >= 0.6 is 31.9 Å². The smallest absolute Gasteiger partial charge is 0.291 e. The van der Waals surface area contributed by atoms with Crippen LogP contribution in [0, 0.1) is 10.1 Å². The molecule has 0 saturated carbocycles. The van der Waals surface area contributed by atoms with E-state index in [9.17, 15) is 10.1 Å². The first-order chi connectivity index (χ1) is 10.1. The zero-order valence-corrected chi connectivity index (χ0v) is 13.8. The molecule has 4 nitrogen and oxygen atoms in total. The molecule has 2 aromatic rings. The van der Waals surface area contributed by atoms with Crippen molar-refractivity contribution in [3.8, 4) is 5.75 Å². The molecule has 3 rings (SSSR count). The first-order valence-corrected chi connectivity index (χ1v) is 7.71. The molecule has 0 amide bonds. The van der Waals surface area contributed by atoms with Gasteiger partial charge in [0.05, 0.1) is 9.40 Å². The van der Waals surface area contributed by atoms with Gasteiger partial charge in [-0.2, -0.15) is 0 Å². The summed E-state index contributed by atoms with van der Waals surface area (Å²) in [5.74, 6) is 0.609.